The van der Waals surface area contributed by atoms with Gasteiger partial charge in [-0.3, -0.25) is 14.9 Å². The summed E-state index contributed by atoms with van der Waals surface area (Å²) in [6, 6.07) is 5.95. The molecule has 0 radical (unpaired) electrons. The van der Waals surface area contributed by atoms with Crippen molar-refractivity contribution < 1.29 is 14.5 Å². The van der Waals surface area contributed by atoms with Crippen LogP contribution in [0.5, 0.6) is 0 Å². The highest BCUT2D eigenvalue weighted by Crippen LogP contribution is 2.39. The van der Waals surface area contributed by atoms with Crippen molar-refractivity contribution in [3.8, 4) is 0 Å². The number of ether oxygens (including phenoxy) is 1. The molecule has 2 atom stereocenters. The monoisotopic (exact) mass is 241 g/mol. The molecule has 1 saturated heterocycles. The molecule has 1 aliphatic heterocycles. The van der Waals surface area contributed by atoms with E-state index in [4.69, 9.17) is 16.3 Å². The van der Waals surface area contributed by atoms with E-state index in [0.29, 0.717) is 0 Å². The van der Waals surface area contributed by atoms with Crippen LogP contribution in [0.15, 0.2) is 24.3 Å². The lowest BCUT2D eigenvalue weighted by atomic mass is 10.1. The van der Waals surface area contributed by atoms with Crippen LogP contribution >= 0.6 is 11.6 Å². The van der Waals surface area contributed by atoms with Gasteiger partial charge in [0.1, 0.15) is 12.2 Å². The number of ketones is 1. The third-order valence-corrected chi connectivity index (χ3v) is 2.64. The van der Waals surface area contributed by atoms with Crippen molar-refractivity contribution >= 4 is 23.1 Å². The molecule has 0 amide bonds. The number of epoxide rings is 1. The Labute approximate surface area is 96.1 Å². The minimum atomic E-state index is -0.487. The molecular weight excluding hydrogens is 234 g/mol. The molecule has 1 heterocycles. The van der Waals surface area contributed by atoms with Crippen molar-refractivity contribution in [1.82, 2.24) is 0 Å². The third kappa shape index (κ3) is 2.05. The second-order valence-electron chi connectivity index (χ2n) is 3.43. The summed E-state index contributed by atoms with van der Waals surface area (Å²) in [6.45, 7) is 0. The molecule has 0 spiro atoms. The Balaban J connectivity index is 2.07. The van der Waals surface area contributed by atoms with Gasteiger partial charge in [0.2, 0.25) is 0 Å². The van der Waals surface area contributed by atoms with Gasteiger partial charge >= 0.3 is 0 Å². The van der Waals surface area contributed by atoms with Crippen molar-refractivity contribution in [1.29, 1.82) is 0 Å². The number of non-ortho nitro benzene ring substituents is 1. The molecule has 0 bridgehead atoms. The first kappa shape index (κ1) is 11.0. The highest BCUT2D eigenvalue weighted by atomic mass is 35.5. The normalized spacial score (nSPS) is 22.8. The number of nitro groups is 1. The zero-order valence-electron chi connectivity index (χ0n) is 8.13. The first-order valence-electron chi connectivity index (χ1n) is 4.62. The van der Waals surface area contributed by atoms with Crippen LogP contribution in [0.1, 0.15) is 11.7 Å². The van der Waals surface area contributed by atoms with E-state index >= 15 is 0 Å². The summed E-state index contributed by atoms with van der Waals surface area (Å²) in [5, 5.41) is 10.4. The van der Waals surface area contributed by atoms with Crippen LogP contribution in [0.4, 0.5) is 5.69 Å². The van der Waals surface area contributed by atoms with Crippen molar-refractivity contribution in [3.05, 3.63) is 39.9 Å². The number of hydrogen-bond acceptors (Lipinski definition) is 4. The molecule has 0 N–H and O–H groups in total. The highest BCUT2D eigenvalue weighted by Gasteiger charge is 2.45. The molecule has 0 aliphatic carbocycles. The molecule has 16 heavy (non-hydrogen) atoms. The largest absolute Gasteiger partial charge is 0.356 e. The standard InChI is InChI=1S/C10H8ClNO4/c11-5-8(13)10-9(16-10)6-1-3-7(4-2-6)12(14)15/h1-4,9-10H,5H2. The number of benzene rings is 1. The van der Waals surface area contributed by atoms with E-state index in [-0.39, 0.29) is 23.5 Å². The number of Topliss-reactive ketones (excluding diaryl/α,β-unsaturated/α-hetero) is 1. The number of nitrogens with zero attached hydrogens (tertiary/aromatic N) is 1. The molecule has 0 saturated carbocycles. The van der Waals surface area contributed by atoms with Crippen LogP contribution in [-0.2, 0) is 9.53 Å². The van der Waals surface area contributed by atoms with Gasteiger partial charge in [-0.15, -0.1) is 11.6 Å². The number of nitro benzene ring substituents is 1. The average molecular weight is 242 g/mol. The van der Waals surface area contributed by atoms with E-state index in [1.54, 1.807) is 12.1 Å². The van der Waals surface area contributed by atoms with E-state index < -0.39 is 11.0 Å². The lowest BCUT2D eigenvalue weighted by Gasteiger charge is -1.95. The van der Waals surface area contributed by atoms with Gasteiger partial charge in [0, 0.05) is 12.1 Å². The van der Waals surface area contributed by atoms with E-state index in [1.165, 1.54) is 12.1 Å². The molecule has 1 fully saturated rings. The fraction of sp³-hybridized carbons (Fsp3) is 0.300. The Hall–Kier alpha value is -1.46. The predicted octanol–water partition coefficient (Wildman–Crippen LogP) is 1.84. The molecule has 1 aliphatic rings. The summed E-state index contributed by atoms with van der Waals surface area (Å²) in [7, 11) is 0. The van der Waals surface area contributed by atoms with Crippen molar-refractivity contribution in [2.24, 2.45) is 0 Å². The van der Waals surface area contributed by atoms with Gasteiger partial charge in [-0.1, -0.05) is 0 Å². The van der Waals surface area contributed by atoms with E-state index in [0.717, 1.165) is 5.56 Å². The Morgan fingerprint density at radius 3 is 2.56 bits per heavy atom. The minimum Gasteiger partial charge on any atom is -0.356 e. The molecule has 2 rings (SSSR count). The first-order chi connectivity index (χ1) is 7.63. The second kappa shape index (κ2) is 4.19. The number of carbonyl (C=O) groups excluding carboxylic acids is 1. The van der Waals surface area contributed by atoms with Crippen molar-refractivity contribution in [2.45, 2.75) is 12.2 Å². The number of hydrogen-bond donors (Lipinski definition) is 0. The number of halogens is 1. The van der Waals surface area contributed by atoms with Crippen LogP contribution in [0.25, 0.3) is 0 Å². The SMILES string of the molecule is O=C(CCl)C1OC1c1ccc([N+](=O)[O-])cc1. The maximum absolute atomic E-state index is 11.2. The summed E-state index contributed by atoms with van der Waals surface area (Å²) in [5.41, 5.74) is 0.777. The average Bonchev–Trinajstić information content (AvgIpc) is 3.08. The molecule has 5 nitrogen and oxygen atoms in total. The van der Waals surface area contributed by atoms with Gasteiger partial charge in [-0.25, -0.2) is 0 Å². The molecular formula is C10H8ClNO4. The summed E-state index contributed by atoms with van der Waals surface area (Å²) >= 11 is 5.39. The lowest BCUT2D eigenvalue weighted by molar-refractivity contribution is -0.384. The Morgan fingerprint density at radius 2 is 2.06 bits per heavy atom. The predicted molar refractivity (Wildman–Crippen MR) is 56.4 cm³/mol. The Bertz CT molecular complexity index is 431. The first-order valence-corrected chi connectivity index (χ1v) is 5.15. The quantitative estimate of drug-likeness (QED) is 0.349. The number of carbonyl (C=O) groups is 1. The van der Waals surface area contributed by atoms with E-state index in [2.05, 4.69) is 0 Å². The second-order valence-corrected chi connectivity index (χ2v) is 3.69. The summed E-state index contributed by atoms with van der Waals surface area (Å²) in [4.78, 5) is 21.1. The molecule has 6 heteroatoms. The third-order valence-electron chi connectivity index (χ3n) is 2.37. The zero-order chi connectivity index (χ0) is 11.7. The number of alkyl halides is 1. The Morgan fingerprint density at radius 1 is 1.44 bits per heavy atom. The maximum atomic E-state index is 11.2. The molecule has 1 aromatic rings. The van der Waals surface area contributed by atoms with Gasteiger partial charge in [0.05, 0.1) is 10.8 Å². The van der Waals surface area contributed by atoms with E-state index in [1.807, 2.05) is 0 Å². The fourth-order valence-electron chi connectivity index (χ4n) is 1.47. The molecule has 2 unspecified atom stereocenters. The Kier molecular flexibility index (Phi) is 2.89. The van der Waals surface area contributed by atoms with Gasteiger partial charge in [-0.2, -0.15) is 0 Å². The van der Waals surface area contributed by atoms with E-state index in [9.17, 15) is 14.9 Å². The summed E-state index contributed by atoms with van der Waals surface area (Å²) < 4.78 is 5.15. The van der Waals surface area contributed by atoms with Gasteiger partial charge in [-0.05, 0) is 17.7 Å². The number of rotatable bonds is 4. The van der Waals surface area contributed by atoms with Gasteiger partial charge in [0.25, 0.3) is 5.69 Å². The highest BCUT2D eigenvalue weighted by molar-refractivity contribution is 6.28. The van der Waals surface area contributed by atoms with Crippen LogP contribution in [0.2, 0.25) is 0 Å². The van der Waals surface area contributed by atoms with Crippen LogP contribution in [-0.4, -0.2) is 22.7 Å². The lowest BCUT2D eigenvalue weighted by Crippen LogP contribution is -2.08. The summed E-state index contributed by atoms with van der Waals surface area (Å²) in [6.07, 6.45) is -0.786. The minimum absolute atomic E-state index is 0.0182. The van der Waals surface area contributed by atoms with Crippen molar-refractivity contribution in [3.63, 3.8) is 0 Å². The van der Waals surface area contributed by atoms with Crippen molar-refractivity contribution in [2.75, 3.05) is 5.88 Å². The van der Waals surface area contributed by atoms with Crippen LogP contribution in [0, 0.1) is 10.1 Å². The molecule has 0 aromatic heterocycles. The van der Waals surface area contributed by atoms with Gasteiger partial charge < -0.3 is 4.74 Å². The molecule has 84 valence electrons. The fourth-order valence-corrected chi connectivity index (χ4v) is 1.62. The van der Waals surface area contributed by atoms with Crippen LogP contribution < -0.4 is 0 Å². The molecule has 1 aromatic carbocycles. The smallest absolute Gasteiger partial charge is 0.269 e. The van der Waals surface area contributed by atoms with Crippen LogP contribution in [0.3, 0.4) is 0 Å². The topological polar surface area (TPSA) is 72.7 Å². The summed E-state index contributed by atoms with van der Waals surface area (Å²) in [5.74, 6) is -0.237. The zero-order valence-corrected chi connectivity index (χ0v) is 8.89. The maximum Gasteiger partial charge on any atom is 0.269 e. The van der Waals surface area contributed by atoms with Gasteiger partial charge in [0.15, 0.2) is 5.78 Å².